The van der Waals surface area contributed by atoms with Crippen LogP contribution in [0.25, 0.3) is 0 Å². The number of ether oxygens (including phenoxy) is 2. The average molecular weight is 348 g/mol. The van der Waals surface area contributed by atoms with Gasteiger partial charge < -0.3 is 14.8 Å². The van der Waals surface area contributed by atoms with E-state index in [1.54, 1.807) is 31.2 Å². The Bertz CT molecular complexity index is 658. The van der Waals surface area contributed by atoms with Gasteiger partial charge in [0.25, 0.3) is 5.91 Å². The zero-order valence-corrected chi connectivity index (χ0v) is 14.7. The van der Waals surface area contributed by atoms with E-state index in [1.165, 1.54) is 0 Å². The summed E-state index contributed by atoms with van der Waals surface area (Å²) < 4.78 is 11.3. The van der Waals surface area contributed by atoms with Crippen molar-refractivity contribution in [2.45, 2.75) is 26.4 Å². The molecule has 1 atom stereocenters. The Balaban J connectivity index is 1.74. The van der Waals surface area contributed by atoms with E-state index in [-0.39, 0.29) is 5.91 Å². The highest BCUT2D eigenvalue weighted by atomic mass is 35.5. The molecule has 1 amide bonds. The molecule has 0 aliphatic carbocycles. The molecule has 0 saturated heterocycles. The second kappa shape index (κ2) is 9.18. The molecule has 2 aromatic carbocycles. The standard InChI is InChI=1S/C19H22ClNO3/c1-3-15-6-4-5-7-18(15)24-14(2)19(22)21-12-13-23-17-10-8-16(20)9-11-17/h4-11,14H,3,12-13H2,1-2H3,(H,21,22)/t14-/m0/s1. The molecule has 128 valence electrons. The summed E-state index contributed by atoms with van der Waals surface area (Å²) in [6.07, 6.45) is 0.299. The average Bonchev–Trinajstić information content (AvgIpc) is 2.60. The zero-order chi connectivity index (χ0) is 17.4. The fourth-order valence-electron chi connectivity index (χ4n) is 2.17. The highest BCUT2D eigenvalue weighted by molar-refractivity contribution is 6.30. The van der Waals surface area contributed by atoms with E-state index in [1.807, 2.05) is 24.3 Å². The van der Waals surface area contributed by atoms with Crippen molar-refractivity contribution in [3.05, 3.63) is 59.1 Å². The third-order valence-corrected chi connectivity index (χ3v) is 3.76. The molecule has 0 heterocycles. The first kappa shape index (κ1) is 18.1. The number of benzene rings is 2. The smallest absolute Gasteiger partial charge is 0.260 e. The lowest BCUT2D eigenvalue weighted by atomic mass is 10.1. The highest BCUT2D eigenvalue weighted by Gasteiger charge is 2.15. The molecule has 1 N–H and O–H groups in total. The van der Waals surface area contributed by atoms with Gasteiger partial charge in [-0.25, -0.2) is 0 Å². The monoisotopic (exact) mass is 347 g/mol. The summed E-state index contributed by atoms with van der Waals surface area (Å²) >= 11 is 5.81. The first-order valence-electron chi connectivity index (χ1n) is 8.00. The van der Waals surface area contributed by atoms with Gasteiger partial charge >= 0.3 is 0 Å². The Hall–Kier alpha value is -2.20. The number of para-hydroxylation sites is 1. The van der Waals surface area contributed by atoms with E-state index < -0.39 is 6.10 Å². The third kappa shape index (κ3) is 5.46. The lowest BCUT2D eigenvalue weighted by Gasteiger charge is -2.17. The largest absolute Gasteiger partial charge is 0.492 e. The van der Waals surface area contributed by atoms with Crippen LogP contribution in [-0.4, -0.2) is 25.2 Å². The minimum Gasteiger partial charge on any atom is -0.492 e. The first-order valence-corrected chi connectivity index (χ1v) is 8.38. The Morgan fingerprint density at radius 3 is 2.58 bits per heavy atom. The normalized spacial score (nSPS) is 11.6. The molecular formula is C19H22ClNO3. The van der Waals surface area contributed by atoms with Crippen molar-refractivity contribution in [3.8, 4) is 11.5 Å². The van der Waals surface area contributed by atoms with Gasteiger partial charge in [-0.1, -0.05) is 36.7 Å². The van der Waals surface area contributed by atoms with Crippen molar-refractivity contribution in [1.29, 1.82) is 0 Å². The maximum Gasteiger partial charge on any atom is 0.260 e. The predicted octanol–water partition coefficient (Wildman–Crippen LogP) is 3.86. The van der Waals surface area contributed by atoms with Gasteiger partial charge in [0.1, 0.15) is 18.1 Å². The van der Waals surface area contributed by atoms with Crippen molar-refractivity contribution in [2.24, 2.45) is 0 Å². The fraction of sp³-hybridized carbons (Fsp3) is 0.316. The van der Waals surface area contributed by atoms with Crippen molar-refractivity contribution >= 4 is 17.5 Å². The van der Waals surface area contributed by atoms with E-state index in [9.17, 15) is 4.79 Å². The number of carbonyl (C=O) groups is 1. The number of rotatable bonds is 8. The molecule has 0 aliphatic heterocycles. The van der Waals surface area contributed by atoms with Crippen LogP contribution in [0.3, 0.4) is 0 Å². The summed E-state index contributed by atoms with van der Waals surface area (Å²) in [4.78, 5) is 12.1. The molecule has 0 bridgehead atoms. The third-order valence-electron chi connectivity index (χ3n) is 3.51. The summed E-state index contributed by atoms with van der Waals surface area (Å²) in [5.74, 6) is 1.30. The van der Waals surface area contributed by atoms with E-state index in [0.717, 1.165) is 23.5 Å². The van der Waals surface area contributed by atoms with Crippen molar-refractivity contribution in [2.75, 3.05) is 13.2 Å². The SMILES string of the molecule is CCc1ccccc1O[C@@H](C)C(=O)NCCOc1ccc(Cl)cc1. The molecule has 0 fully saturated rings. The second-order valence-corrected chi connectivity index (χ2v) is 5.75. The number of aryl methyl sites for hydroxylation is 1. The van der Waals surface area contributed by atoms with Crippen LogP contribution >= 0.6 is 11.6 Å². The van der Waals surface area contributed by atoms with Crippen LogP contribution in [0, 0.1) is 0 Å². The van der Waals surface area contributed by atoms with Crippen molar-refractivity contribution in [1.82, 2.24) is 5.32 Å². The molecular weight excluding hydrogens is 326 g/mol. The zero-order valence-electron chi connectivity index (χ0n) is 13.9. The highest BCUT2D eigenvalue weighted by Crippen LogP contribution is 2.19. The van der Waals surface area contributed by atoms with Crippen molar-refractivity contribution < 1.29 is 14.3 Å². The summed E-state index contributed by atoms with van der Waals surface area (Å²) in [6.45, 7) is 4.58. The van der Waals surface area contributed by atoms with E-state index in [4.69, 9.17) is 21.1 Å². The van der Waals surface area contributed by atoms with E-state index in [2.05, 4.69) is 12.2 Å². The molecule has 0 radical (unpaired) electrons. The van der Waals surface area contributed by atoms with Crippen LogP contribution in [-0.2, 0) is 11.2 Å². The number of halogens is 1. The summed E-state index contributed by atoms with van der Waals surface area (Å²) in [5, 5.41) is 3.47. The number of carbonyl (C=O) groups excluding carboxylic acids is 1. The van der Waals surface area contributed by atoms with Crippen LogP contribution in [0.2, 0.25) is 5.02 Å². The van der Waals surface area contributed by atoms with Gasteiger partial charge in [-0.05, 0) is 49.2 Å². The van der Waals surface area contributed by atoms with Gasteiger partial charge in [0.2, 0.25) is 0 Å². The van der Waals surface area contributed by atoms with Crippen LogP contribution in [0.1, 0.15) is 19.4 Å². The first-order chi connectivity index (χ1) is 11.6. The quantitative estimate of drug-likeness (QED) is 0.737. The Morgan fingerprint density at radius 1 is 1.17 bits per heavy atom. The number of hydrogen-bond donors (Lipinski definition) is 1. The Morgan fingerprint density at radius 2 is 1.88 bits per heavy atom. The molecule has 0 aromatic heterocycles. The van der Waals surface area contributed by atoms with Crippen LogP contribution in [0.4, 0.5) is 0 Å². The van der Waals surface area contributed by atoms with E-state index in [0.29, 0.717) is 18.2 Å². The fourth-order valence-corrected chi connectivity index (χ4v) is 2.30. The molecule has 5 heteroatoms. The molecule has 0 unspecified atom stereocenters. The maximum absolute atomic E-state index is 12.1. The second-order valence-electron chi connectivity index (χ2n) is 5.31. The lowest BCUT2D eigenvalue weighted by Crippen LogP contribution is -2.38. The molecule has 0 saturated carbocycles. The van der Waals surface area contributed by atoms with Gasteiger partial charge in [0, 0.05) is 5.02 Å². The van der Waals surface area contributed by atoms with Crippen LogP contribution in [0.5, 0.6) is 11.5 Å². The van der Waals surface area contributed by atoms with Gasteiger partial charge in [0.05, 0.1) is 6.54 Å². The van der Waals surface area contributed by atoms with Gasteiger partial charge in [-0.2, -0.15) is 0 Å². The molecule has 0 aliphatic rings. The topological polar surface area (TPSA) is 47.6 Å². The number of hydrogen-bond acceptors (Lipinski definition) is 3. The van der Waals surface area contributed by atoms with Gasteiger partial charge in [-0.15, -0.1) is 0 Å². The number of nitrogens with one attached hydrogen (secondary N) is 1. The predicted molar refractivity (Wildman–Crippen MR) is 95.9 cm³/mol. The maximum atomic E-state index is 12.1. The summed E-state index contributed by atoms with van der Waals surface area (Å²) in [6, 6.07) is 14.8. The Kier molecular flexibility index (Phi) is 6.94. The van der Waals surface area contributed by atoms with Gasteiger partial charge in [0.15, 0.2) is 6.10 Å². The Labute approximate surface area is 147 Å². The van der Waals surface area contributed by atoms with Crippen LogP contribution < -0.4 is 14.8 Å². The minimum absolute atomic E-state index is 0.166. The van der Waals surface area contributed by atoms with Gasteiger partial charge in [-0.3, -0.25) is 4.79 Å². The minimum atomic E-state index is -0.562. The number of amides is 1. The molecule has 24 heavy (non-hydrogen) atoms. The summed E-state index contributed by atoms with van der Waals surface area (Å²) in [7, 11) is 0. The summed E-state index contributed by atoms with van der Waals surface area (Å²) in [5.41, 5.74) is 1.09. The van der Waals surface area contributed by atoms with Crippen molar-refractivity contribution in [3.63, 3.8) is 0 Å². The molecule has 2 aromatic rings. The lowest BCUT2D eigenvalue weighted by molar-refractivity contribution is -0.127. The molecule has 2 rings (SSSR count). The molecule has 4 nitrogen and oxygen atoms in total. The van der Waals surface area contributed by atoms with E-state index >= 15 is 0 Å². The molecule has 0 spiro atoms. The van der Waals surface area contributed by atoms with Crippen LogP contribution in [0.15, 0.2) is 48.5 Å².